The summed E-state index contributed by atoms with van der Waals surface area (Å²) in [5.74, 6) is -0.0752. The zero-order valence-corrected chi connectivity index (χ0v) is 10.3. The Morgan fingerprint density at radius 3 is 2.78 bits per heavy atom. The predicted octanol–water partition coefficient (Wildman–Crippen LogP) is 3.54. The lowest BCUT2D eigenvalue weighted by molar-refractivity contribution is 0.298. The van der Waals surface area contributed by atoms with E-state index in [2.05, 4.69) is 5.16 Å². The molecule has 0 bridgehead atoms. The van der Waals surface area contributed by atoms with Crippen molar-refractivity contribution in [1.29, 1.82) is 0 Å². The van der Waals surface area contributed by atoms with Crippen molar-refractivity contribution in [3.8, 4) is 5.75 Å². The monoisotopic (exact) mass is 257 g/mol. The Hall–Kier alpha value is -1.65. The van der Waals surface area contributed by atoms with Gasteiger partial charge in [-0.15, -0.1) is 0 Å². The van der Waals surface area contributed by atoms with Crippen LogP contribution in [0.15, 0.2) is 23.4 Å². The zero-order valence-electron chi connectivity index (χ0n) is 10.3. The highest BCUT2D eigenvalue weighted by molar-refractivity contribution is 6.00. The lowest BCUT2D eigenvalue weighted by atomic mass is 10.1. The van der Waals surface area contributed by atoms with Gasteiger partial charge in [0, 0.05) is 11.6 Å². The van der Waals surface area contributed by atoms with Crippen LogP contribution in [0.4, 0.5) is 8.78 Å². The number of benzene rings is 1. The fourth-order valence-electron chi connectivity index (χ4n) is 1.52. The summed E-state index contributed by atoms with van der Waals surface area (Å²) in [5, 5.41) is 11.8. The first kappa shape index (κ1) is 14.4. The molecule has 5 heteroatoms. The standard InChI is InChI=1S/C13H17F2NO2/c1-10(16-17)12-6-5-11(15)9-13(12)18-8-4-2-3-7-14/h5-6,9,17H,2-4,7-8H2,1H3/b16-10-. The molecule has 0 heterocycles. The van der Waals surface area contributed by atoms with Gasteiger partial charge in [-0.2, -0.15) is 0 Å². The molecular weight excluding hydrogens is 240 g/mol. The Balaban J connectivity index is 2.65. The van der Waals surface area contributed by atoms with E-state index in [1.807, 2.05) is 0 Å². The minimum Gasteiger partial charge on any atom is -0.493 e. The van der Waals surface area contributed by atoms with Gasteiger partial charge >= 0.3 is 0 Å². The fraction of sp³-hybridized carbons (Fsp3) is 0.462. The molecule has 3 nitrogen and oxygen atoms in total. The number of hydrogen-bond acceptors (Lipinski definition) is 3. The van der Waals surface area contributed by atoms with E-state index >= 15 is 0 Å². The van der Waals surface area contributed by atoms with Crippen molar-refractivity contribution in [3.63, 3.8) is 0 Å². The maximum Gasteiger partial charge on any atom is 0.131 e. The average molecular weight is 257 g/mol. The Morgan fingerprint density at radius 2 is 2.11 bits per heavy atom. The molecule has 0 spiro atoms. The summed E-state index contributed by atoms with van der Waals surface area (Å²) < 4.78 is 30.4. The van der Waals surface area contributed by atoms with E-state index in [1.165, 1.54) is 18.2 Å². The van der Waals surface area contributed by atoms with E-state index < -0.39 is 5.82 Å². The Labute approximate surface area is 105 Å². The Bertz CT molecular complexity index is 408. The summed E-state index contributed by atoms with van der Waals surface area (Å²) in [6, 6.07) is 4.03. The second-order valence-electron chi connectivity index (χ2n) is 3.92. The molecule has 0 aliphatic rings. The van der Waals surface area contributed by atoms with Crippen LogP contribution in [0.2, 0.25) is 0 Å². The quantitative estimate of drug-likeness (QED) is 0.351. The van der Waals surface area contributed by atoms with Crippen molar-refractivity contribution in [3.05, 3.63) is 29.6 Å². The third-order valence-electron chi connectivity index (χ3n) is 2.52. The minimum atomic E-state index is -0.414. The van der Waals surface area contributed by atoms with E-state index in [-0.39, 0.29) is 6.67 Å². The number of rotatable bonds is 7. The minimum absolute atomic E-state index is 0.332. The zero-order chi connectivity index (χ0) is 13.4. The van der Waals surface area contributed by atoms with Gasteiger partial charge in [0.2, 0.25) is 0 Å². The molecule has 0 saturated heterocycles. The van der Waals surface area contributed by atoms with Gasteiger partial charge in [-0.1, -0.05) is 5.16 Å². The van der Waals surface area contributed by atoms with Crippen LogP contribution in [0.25, 0.3) is 0 Å². The molecule has 0 aliphatic carbocycles. The molecule has 1 aromatic carbocycles. The molecule has 1 aromatic rings. The van der Waals surface area contributed by atoms with Crippen molar-refractivity contribution in [1.82, 2.24) is 0 Å². The smallest absolute Gasteiger partial charge is 0.131 e. The van der Waals surface area contributed by atoms with Gasteiger partial charge in [0.15, 0.2) is 0 Å². The molecule has 1 rings (SSSR count). The molecule has 0 aromatic heterocycles. The lowest BCUT2D eigenvalue weighted by Crippen LogP contribution is -2.04. The van der Waals surface area contributed by atoms with Crippen LogP contribution in [0.3, 0.4) is 0 Å². The third-order valence-corrected chi connectivity index (χ3v) is 2.52. The largest absolute Gasteiger partial charge is 0.493 e. The van der Waals surface area contributed by atoms with Crippen LogP contribution in [0.5, 0.6) is 5.75 Å². The second-order valence-corrected chi connectivity index (χ2v) is 3.92. The summed E-state index contributed by atoms with van der Waals surface area (Å²) in [7, 11) is 0. The molecule has 0 radical (unpaired) electrons. The van der Waals surface area contributed by atoms with E-state index in [0.717, 1.165) is 6.42 Å². The lowest BCUT2D eigenvalue weighted by Gasteiger charge is -2.10. The first-order valence-corrected chi connectivity index (χ1v) is 5.86. The number of halogens is 2. The predicted molar refractivity (Wildman–Crippen MR) is 65.7 cm³/mol. The molecule has 18 heavy (non-hydrogen) atoms. The van der Waals surface area contributed by atoms with Crippen LogP contribution >= 0.6 is 0 Å². The number of alkyl halides is 1. The number of ether oxygens (including phenoxy) is 1. The molecule has 0 atom stereocenters. The molecular formula is C13H17F2NO2. The molecule has 1 N–H and O–H groups in total. The summed E-state index contributed by atoms with van der Waals surface area (Å²) >= 11 is 0. The molecule has 100 valence electrons. The summed E-state index contributed by atoms with van der Waals surface area (Å²) in [6.07, 6.45) is 1.94. The van der Waals surface area contributed by atoms with Gasteiger partial charge < -0.3 is 9.94 Å². The highest BCUT2D eigenvalue weighted by Gasteiger charge is 2.08. The number of nitrogens with zero attached hydrogens (tertiary/aromatic N) is 1. The van der Waals surface area contributed by atoms with Crippen LogP contribution < -0.4 is 4.74 Å². The van der Waals surface area contributed by atoms with Crippen LogP contribution in [-0.2, 0) is 0 Å². The van der Waals surface area contributed by atoms with Gasteiger partial charge in [-0.05, 0) is 38.3 Å². The maximum atomic E-state index is 13.1. The van der Waals surface area contributed by atoms with Crippen molar-refractivity contribution in [2.45, 2.75) is 26.2 Å². The van der Waals surface area contributed by atoms with Gasteiger partial charge in [-0.3, -0.25) is 4.39 Å². The number of hydrogen-bond donors (Lipinski definition) is 1. The SMILES string of the molecule is C/C(=N/O)c1ccc(F)cc1OCCCCCF. The van der Waals surface area contributed by atoms with Gasteiger partial charge in [0.25, 0.3) is 0 Å². The van der Waals surface area contributed by atoms with E-state index in [1.54, 1.807) is 6.92 Å². The third kappa shape index (κ3) is 4.31. The van der Waals surface area contributed by atoms with Gasteiger partial charge in [0.05, 0.1) is 19.0 Å². The fourth-order valence-corrected chi connectivity index (χ4v) is 1.52. The Morgan fingerprint density at radius 1 is 1.33 bits per heavy atom. The van der Waals surface area contributed by atoms with Crippen LogP contribution in [0, 0.1) is 5.82 Å². The highest BCUT2D eigenvalue weighted by atomic mass is 19.1. The first-order chi connectivity index (χ1) is 8.69. The molecule has 0 fully saturated rings. The topological polar surface area (TPSA) is 41.8 Å². The van der Waals surface area contributed by atoms with Crippen molar-refractivity contribution in [2.24, 2.45) is 5.16 Å². The molecule has 0 aliphatic heterocycles. The number of oxime groups is 1. The molecule has 0 amide bonds. The summed E-state index contributed by atoms with van der Waals surface area (Å²) in [4.78, 5) is 0. The van der Waals surface area contributed by atoms with Crippen molar-refractivity contribution >= 4 is 5.71 Å². The van der Waals surface area contributed by atoms with Crippen LogP contribution in [-0.4, -0.2) is 24.2 Å². The van der Waals surface area contributed by atoms with E-state index in [0.29, 0.717) is 36.5 Å². The van der Waals surface area contributed by atoms with Crippen LogP contribution in [0.1, 0.15) is 31.7 Å². The highest BCUT2D eigenvalue weighted by Crippen LogP contribution is 2.21. The average Bonchev–Trinajstić information content (AvgIpc) is 2.38. The normalized spacial score (nSPS) is 11.6. The van der Waals surface area contributed by atoms with E-state index in [4.69, 9.17) is 9.94 Å². The number of unbranched alkanes of at least 4 members (excludes halogenated alkanes) is 2. The summed E-state index contributed by atoms with van der Waals surface area (Å²) in [5.41, 5.74) is 0.901. The van der Waals surface area contributed by atoms with Gasteiger partial charge in [0.1, 0.15) is 11.6 Å². The maximum absolute atomic E-state index is 13.1. The van der Waals surface area contributed by atoms with Crippen molar-refractivity contribution < 1.29 is 18.7 Å². The molecule has 0 saturated carbocycles. The summed E-state index contributed by atoms with van der Waals surface area (Å²) in [6.45, 7) is 1.65. The Kier molecular flexibility index (Phi) is 6.11. The first-order valence-electron chi connectivity index (χ1n) is 5.86. The van der Waals surface area contributed by atoms with E-state index in [9.17, 15) is 8.78 Å². The molecule has 0 unspecified atom stereocenters. The second kappa shape index (κ2) is 7.63. The van der Waals surface area contributed by atoms with Crippen molar-refractivity contribution in [2.75, 3.05) is 13.3 Å². The van der Waals surface area contributed by atoms with Gasteiger partial charge in [-0.25, -0.2) is 4.39 Å².